The minimum Gasteiger partial charge on any atom is -0.456 e. The van der Waals surface area contributed by atoms with Crippen molar-refractivity contribution >= 4 is 35.2 Å². The van der Waals surface area contributed by atoms with E-state index in [-0.39, 0.29) is 22.6 Å². The SMILES string of the molecule is CC(C)[C@@H](C(=O)OCC(=O)c1ccc(NC(=O)c2ccccc2)cc1)N1C(=O)c2ccccc2C1=O. The van der Waals surface area contributed by atoms with Gasteiger partial charge in [-0.2, -0.15) is 0 Å². The Kier molecular flexibility index (Phi) is 7.05. The first-order chi connectivity index (χ1) is 17.3. The number of carbonyl (C=O) groups is 5. The van der Waals surface area contributed by atoms with E-state index in [9.17, 15) is 24.0 Å². The van der Waals surface area contributed by atoms with E-state index in [0.29, 0.717) is 11.3 Å². The number of nitrogens with one attached hydrogen (secondary N) is 1. The van der Waals surface area contributed by atoms with E-state index in [0.717, 1.165) is 4.90 Å². The predicted molar refractivity (Wildman–Crippen MR) is 132 cm³/mol. The second-order valence-corrected chi connectivity index (χ2v) is 8.64. The highest BCUT2D eigenvalue weighted by atomic mass is 16.5. The van der Waals surface area contributed by atoms with Crippen molar-refractivity contribution in [1.29, 1.82) is 0 Å². The monoisotopic (exact) mass is 484 g/mol. The number of fused-ring (bicyclic) bond motifs is 1. The molecule has 182 valence electrons. The van der Waals surface area contributed by atoms with E-state index < -0.39 is 42.1 Å². The normalized spacial score (nSPS) is 13.4. The summed E-state index contributed by atoms with van der Waals surface area (Å²) in [6.07, 6.45) is 0. The molecule has 0 fully saturated rings. The smallest absolute Gasteiger partial charge is 0.330 e. The third-order valence-electron chi connectivity index (χ3n) is 5.82. The van der Waals surface area contributed by atoms with Crippen molar-refractivity contribution in [1.82, 2.24) is 4.90 Å². The zero-order valence-electron chi connectivity index (χ0n) is 19.8. The highest BCUT2D eigenvalue weighted by Crippen LogP contribution is 2.27. The summed E-state index contributed by atoms with van der Waals surface area (Å²) in [7, 11) is 0. The number of esters is 1. The molecule has 0 unspecified atom stereocenters. The van der Waals surface area contributed by atoms with Crippen LogP contribution < -0.4 is 5.32 Å². The summed E-state index contributed by atoms with van der Waals surface area (Å²) >= 11 is 0. The summed E-state index contributed by atoms with van der Waals surface area (Å²) < 4.78 is 5.24. The average Bonchev–Trinajstić information content (AvgIpc) is 3.13. The van der Waals surface area contributed by atoms with Crippen molar-refractivity contribution in [3.05, 3.63) is 101 Å². The van der Waals surface area contributed by atoms with Crippen molar-refractivity contribution in [3.63, 3.8) is 0 Å². The summed E-state index contributed by atoms with van der Waals surface area (Å²) in [4.78, 5) is 64.3. The number of ketones is 1. The van der Waals surface area contributed by atoms with E-state index in [1.807, 2.05) is 6.07 Å². The molecule has 0 bridgehead atoms. The molecule has 0 aliphatic carbocycles. The molecule has 1 heterocycles. The Morgan fingerprint density at radius 2 is 1.33 bits per heavy atom. The molecule has 0 aromatic heterocycles. The molecule has 8 nitrogen and oxygen atoms in total. The lowest BCUT2D eigenvalue weighted by Crippen LogP contribution is -2.49. The van der Waals surface area contributed by atoms with E-state index in [4.69, 9.17) is 4.74 Å². The minimum atomic E-state index is -1.17. The number of carbonyl (C=O) groups excluding carboxylic acids is 5. The molecule has 0 radical (unpaired) electrons. The van der Waals surface area contributed by atoms with E-state index >= 15 is 0 Å². The Balaban J connectivity index is 1.38. The lowest BCUT2D eigenvalue weighted by molar-refractivity contribution is -0.148. The van der Waals surface area contributed by atoms with Gasteiger partial charge >= 0.3 is 5.97 Å². The van der Waals surface area contributed by atoms with Crippen LogP contribution in [0.25, 0.3) is 0 Å². The van der Waals surface area contributed by atoms with Crippen molar-refractivity contribution in [3.8, 4) is 0 Å². The first kappa shape index (κ1) is 24.5. The molecule has 3 aromatic rings. The Labute approximate surface area is 207 Å². The van der Waals surface area contributed by atoms with E-state index in [1.54, 1.807) is 62.4 Å². The van der Waals surface area contributed by atoms with Crippen LogP contribution >= 0.6 is 0 Å². The van der Waals surface area contributed by atoms with Crippen LogP contribution in [0.15, 0.2) is 78.9 Å². The van der Waals surface area contributed by atoms with Gasteiger partial charge in [0.25, 0.3) is 17.7 Å². The molecule has 8 heteroatoms. The number of imide groups is 1. The summed E-state index contributed by atoms with van der Waals surface area (Å²) in [5.41, 5.74) is 1.75. The van der Waals surface area contributed by atoms with Gasteiger partial charge in [0.1, 0.15) is 6.04 Å². The van der Waals surface area contributed by atoms with Crippen LogP contribution in [-0.2, 0) is 9.53 Å². The molecular formula is C28H24N2O6. The van der Waals surface area contributed by atoms with Crippen LogP contribution in [-0.4, -0.2) is 47.0 Å². The molecule has 0 saturated carbocycles. The maximum atomic E-state index is 12.9. The van der Waals surface area contributed by atoms with Crippen molar-refractivity contribution in [2.45, 2.75) is 19.9 Å². The molecule has 1 aliphatic rings. The largest absolute Gasteiger partial charge is 0.456 e. The number of nitrogens with zero attached hydrogens (tertiary/aromatic N) is 1. The van der Waals surface area contributed by atoms with E-state index in [1.165, 1.54) is 24.3 Å². The number of ether oxygens (including phenoxy) is 1. The molecule has 4 rings (SSSR count). The van der Waals surface area contributed by atoms with Gasteiger partial charge in [-0.05, 0) is 54.4 Å². The van der Waals surface area contributed by atoms with Crippen LogP contribution in [0.3, 0.4) is 0 Å². The third kappa shape index (κ3) is 4.93. The maximum Gasteiger partial charge on any atom is 0.330 e. The third-order valence-corrected chi connectivity index (χ3v) is 5.82. The Bertz CT molecular complexity index is 1300. The molecule has 3 aromatic carbocycles. The van der Waals surface area contributed by atoms with Crippen LogP contribution in [0.4, 0.5) is 5.69 Å². The van der Waals surface area contributed by atoms with Crippen LogP contribution in [0, 0.1) is 5.92 Å². The molecule has 1 N–H and O–H groups in total. The van der Waals surface area contributed by atoms with Crippen molar-refractivity contribution in [2.24, 2.45) is 5.92 Å². The highest BCUT2D eigenvalue weighted by molar-refractivity contribution is 6.22. The van der Waals surface area contributed by atoms with Gasteiger partial charge in [0.2, 0.25) is 0 Å². The van der Waals surface area contributed by atoms with E-state index in [2.05, 4.69) is 5.32 Å². The van der Waals surface area contributed by atoms with Gasteiger partial charge < -0.3 is 10.1 Å². The fraction of sp³-hybridized carbons (Fsp3) is 0.179. The molecule has 36 heavy (non-hydrogen) atoms. The molecule has 0 saturated heterocycles. The topological polar surface area (TPSA) is 110 Å². The first-order valence-corrected chi connectivity index (χ1v) is 11.4. The van der Waals surface area contributed by atoms with Gasteiger partial charge in [-0.3, -0.25) is 24.1 Å². The van der Waals surface area contributed by atoms with Crippen molar-refractivity contribution in [2.75, 3.05) is 11.9 Å². The van der Waals surface area contributed by atoms with Crippen LogP contribution in [0.2, 0.25) is 0 Å². The maximum absolute atomic E-state index is 12.9. The number of amides is 3. The number of anilines is 1. The van der Waals surface area contributed by atoms with Gasteiger partial charge in [-0.1, -0.05) is 44.2 Å². The summed E-state index contributed by atoms with van der Waals surface area (Å²) in [6, 6.07) is 20.1. The Morgan fingerprint density at radius 3 is 1.89 bits per heavy atom. The fourth-order valence-electron chi connectivity index (χ4n) is 3.97. The number of Topliss-reactive ketones (excluding diaryl/α,β-unsaturated/α-hetero) is 1. The summed E-state index contributed by atoms with van der Waals surface area (Å²) in [5.74, 6) is -3.14. The predicted octanol–water partition coefficient (Wildman–Crippen LogP) is 3.99. The van der Waals surface area contributed by atoms with Gasteiger partial charge in [0.05, 0.1) is 11.1 Å². The minimum absolute atomic E-state index is 0.233. The first-order valence-electron chi connectivity index (χ1n) is 11.4. The number of benzene rings is 3. The fourth-order valence-corrected chi connectivity index (χ4v) is 3.97. The Morgan fingerprint density at radius 1 is 0.778 bits per heavy atom. The van der Waals surface area contributed by atoms with Gasteiger partial charge in [0.15, 0.2) is 12.4 Å². The lowest BCUT2D eigenvalue weighted by Gasteiger charge is -2.27. The second-order valence-electron chi connectivity index (χ2n) is 8.64. The van der Waals surface area contributed by atoms with Crippen LogP contribution in [0.5, 0.6) is 0 Å². The van der Waals surface area contributed by atoms with Crippen LogP contribution in [0.1, 0.15) is 55.3 Å². The number of rotatable bonds is 8. The zero-order valence-corrected chi connectivity index (χ0v) is 19.8. The quantitative estimate of drug-likeness (QED) is 0.294. The van der Waals surface area contributed by atoms with Gasteiger partial charge in [-0.15, -0.1) is 0 Å². The Hall–Kier alpha value is -4.59. The lowest BCUT2D eigenvalue weighted by atomic mass is 10.0. The summed E-state index contributed by atoms with van der Waals surface area (Å²) in [6.45, 7) is 2.83. The molecule has 0 spiro atoms. The molecule has 3 amide bonds. The highest BCUT2D eigenvalue weighted by Gasteiger charge is 2.44. The molecule has 1 atom stereocenters. The number of hydrogen-bond acceptors (Lipinski definition) is 6. The van der Waals surface area contributed by atoms with Gasteiger partial charge in [-0.25, -0.2) is 4.79 Å². The van der Waals surface area contributed by atoms with Gasteiger partial charge in [0, 0.05) is 16.8 Å². The second kappa shape index (κ2) is 10.4. The zero-order chi connectivity index (χ0) is 25.8. The number of hydrogen-bond donors (Lipinski definition) is 1. The molecule has 1 aliphatic heterocycles. The van der Waals surface area contributed by atoms with Crippen molar-refractivity contribution < 1.29 is 28.7 Å². The average molecular weight is 485 g/mol. The summed E-state index contributed by atoms with van der Waals surface area (Å²) in [5, 5.41) is 2.74. The molecular weight excluding hydrogens is 460 g/mol. The standard InChI is InChI=1S/C28H24N2O6/c1-17(2)24(30-26(33)21-10-6-7-11-22(21)27(30)34)28(35)36-16-23(31)18-12-14-20(15-13-18)29-25(32)19-8-4-3-5-9-19/h3-15,17,24H,16H2,1-2H3,(H,29,32)/t24-/m0/s1.